The van der Waals surface area contributed by atoms with Crippen molar-refractivity contribution in [1.29, 1.82) is 0 Å². The largest absolute Gasteiger partial charge is 0.444 e. The molecular formula is C15H23N3O2. The van der Waals surface area contributed by atoms with Crippen molar-refractivity contribution in [2.45, 2.75) is 45.1 Å². The molecule has 5 nitrogen and oxygen atoms in total. The number of nitrogen functional groups attached to an aromatic ring is 1. The number of pyridine rings is 1. The molecule has 0 radical (unpaired) electrons. The van der Waals surface area contributed by atoms with Crippen molar-refractivity contribution >= 4 is 11.9 Å². The van der Waals surface area contributed by atoms with Crippen molar-refractivity contribution in [1.82, 2.24) is 9.88 Å². The van der Waals surface area contributed by atoms with E-state index in [4.69, 9.17) is 14.6 Å². The fourth-order valence-electron chi connectivity index (χ4n) is 2.25. The van der Waals surface area contributed by atoms with Crippen LogP contribution in [0.25, 0.3) is 0 Å². The van der Waals surface area contributed by atoms with Gasteiger partial charge in [0.25, 0.3) is 0 Å². The predicted molar refractivity (Wildman–Crippen MR) is 78.4 cm³/mol. The van der Waals surface area contributed by atoms with Crippen LogP contribution >= 0.6 is 0 Å². The van der Waals surface area contributed by atoms with E-state index in [1.165, 1.54) is 0 Å². The summed E-state index contributed by atoms with van der Waals surface area (Å²) in [5.74, 6) is -0.249. The number of amides is 1. The third-order valence-corrected chi connectivity index (χ3v) is 3.11. The van der Waals surface area contributed by atoms with E-state index in [1.807, 2.05) is 20.8 Å². The molecular weight excluding hydrogens is 254 g/mol. The maximum absolute atomic E-state index is 12.2. The van der Waals surface area contributed by atoms with Gasteiger partial charge in [-0.3, -0.25) is 0 Å². The molecule has 0 aromatic carbocycles. The highest BCUT2D eigenvalue weighted by Gasteiger charge is 2.28. The Labute approximate surface area is 124 Å². The van der Waals surface area contributed by atoms with Gasteiger partial charge in [-0.25, -0.2) is 9.78 Å². The van der Waals surface area contributed by atoms with Crippen LogP contribution in [0.2, 0.25) is 0 Å². The highest BCUT2D eigenvalue weighted by molar-refractivity contribution is 5.68. The van der Waals surface area contributed by atoms with Crippen LogP contribution in [-0.4, -0.2) is 34.7 Å². The molecule has 5 heteroatoms. The predicted octanol–water partition coefficient (Wildman–Crippen LogP) is 2.78. The molecule has 0 saturated carbocycles. The molecule has 1 aliphatic heterocycles. The van der Waals surface area contributed by atoms with Crippen molar-refractivity contribution in [2.24, 2.45) is 0 Å². The zero-order valence-corrected chi connectivity index (χ0v) is 12.2. The first-order valence-electron chi connectivity index (χ1n) is 8.31. The van der Waals surface area contributed by atoms with Crippen LogP contribution in [0.3, 0.4) is 0 Å². The van der Waals surface area contributed by atoms with Gasteiger partial charge in [0.15, 0.2) is 0 Å². The smallest absolute Gasteiger partial charge is 0.410 e. The van der Waals surface area contributed by atoms with Gasteiger partial charge in [-0.15, -0.1) is 0 Å². The molecule has 1 aromatic heterocycles. The molecule has 20 heavy (non-hydrogen) atoms. The Morgan fingerprint density at radius 1 is 1.60 bits per heavy atom. The lowest BCUT2D eigenvalue weighted by molar-refractivity contribution is 0.0198. The highest BCUT2D eigenvalue weighted by Crippen LogP contribution is 2.28. The first kappa shape index (κ1) is 10.9. The van der Waals surface area contributed by atoms with Gasteiger partial charge in [-0.1, -0.05) is 0 Å². The summed E-state index contributed by atoms with van der Waals surface area (Å²) in [6.45, 7) is 6.38. The van der Waals surface area contributed by atoms with Crippen molar-refractivity contribution in [2.75, 3.05) is 18.8 Å². The van der Waals surface area contributed by atoms with E-state index in [1.54, 1.807) is 4.90 Å². The molecule has 1 amide bonds. The Bertz CT molecular complexity index is 591. The number of carbonyl (C=O) groups is 1. The molecule has 0 bridgehead atoms. The number of rotatable bonds is 1. The van der Waals surface area contributed by atoms with Crippen molar-refractivity contribution < 1.29 is 13.6 Å². The van der Waals surface area contributed by atoms with Crippen molar-refractivity contribution in [3.63, 3.8) is 0 Å². The molecule has 1 fully saturated rings. The second kappa shape index (κ2) is 5.69. The second-order valence-electron chi connectivity index (χ2n) is 6.04. The normalized spacial score (nSPS) is 21.9. The lowest BCUT2D eigenvalue weighted by atomic mass is 9.91. The molecule has 1 saturated heterocycles. The second-order valence-corrected chi connectivity index (χ2v) is 6.04. The lowest BCUT2D eigenvalue weighted by Crippen LogP contribution is -2.42. The summed E-state index contributed by atoms with van der Waals surface area (Å²) >= 11 is 0. The Balaban J connectivity index is 2.24. The van der Waals surface area contributed by atoms with Crippen molar-refractivity contribution in [3.05, 3.63) is 23.8 Å². The summed E-state index contributed by atoms with van der Waals surface area (Å²) in [4.78, 5) is 17.5. The average Bonchev–Trinajstić information content (AvgIpc) is 2.44. The maximum atomic E-state index is 12.2. The minimum Gasteiger partial charge on any atom is -0.444 e. The fourth-order valence-corrected chi connectivity index (χ4v) is 2.25. The molecule has 110 valence electrons. The third kappa shape index (κ3) is 3.85. The standard InChI is InChI=1S/C15H23N3O2/c1-15(2,3)20-14(19)18-8-4-5-12(10-18)11-6-7-17-13(16)9-11/h6-7,9,12H,4-5,8,10H2,1-3H3,(H2,16,17)/i6D,7D,9D. The zero-order valence-electron chi connectivity index (χ0n) is 15.2. The van der Waals surface area contributed by atoms with E-state index in [9.17, 15) is 4.79 Å². The summed E-state index contributed by atoms with van der Waals surface area (Å²) in [5, 5.41) is 0. The van der Waals surface area contributed by atoms with Gasteiger partial charge in [-0.2, -0.15) is 0 Å². The first-order valence-corrected chi connectivity index (χ1v) is 6.81. The van der Waals surface area contributed by atoms with Crippen LogP contribution < -0.4 is 5.73 Å². The van der Waals surface area contributed by atoms with Crippen LogP contribution in [0.4, 0.5) is 10.6 Å². The van der Waals surface area contributed by atoms with E-state index in [0.717, 1.165) is 12.8 Å². The summed E-state index contributed by atoms with van der Waals surface area (Å²) in [7, 11) is 0. The molecule has 0 aliphatic carbocycles. The minimum absolute atomic E-state index is 0.0120. The number of anilines is 1. The van der Waals surface area contributed by atoms with Gasteiger partial charge in [0.05, 0.1) is 4.11 Å². The van der Waals surface area contributed by atoms with Crippen LogP contribution in [0.15, 0.2) is 18.3 Å². The maximum Gasteiger partial charge on any atom is 0.410 e. The number of nitrogens with two attached hydrogens (primary N) is 1. The summed E-state index contributed by atoms with van der Waals surface area (Å²) < 4.78 is 29.2. The van der Waals surface area contributed by atoms with Crippen LogP contribution in [-0.2, 0) is 4.74 Å². The Morgan fingerprint density at radius 2 is 2.35 bits per heavy atom. The van der Waals surface area contributed by atoms with E-state index in [2.05, 4.69) is 4.98 Å². The molecule has 1 unspecified atom stereocenters. The van der Waals surface area contributed by atoms with Gasteiger partial charge in [0.2, 0.25) is 0 Å². The van der Waals surface area contributed by atoms with E-state index in [-0.39, 0.29) is 30.0 Å². The molecule has 2 rings (SSSR count). The van der Waals surface area contributed by atoms with Gasteiger partial charge < -0.3 is 15.4 Å². The number of nitrogens with zero attached hydrogens (tertiary/aromatic N) is 2. The Morgan fingerprint density at radius 3 is 3.05 bits per heavy atom. The average molecular weight is 280 g/mol. The third-order valence-electron chi connectivity index (χ3n) is 3.11. The topological polar surface area (TPSA) is 68.5 Å². The van der Waals surface area contributed by atoms with Crippen LogP contribution in [0, 0.1) is 0 Å². The number of hydrogen-bond acceptors (Lipinski definition) is 4. The molecule has 2 N–H and O–H groups in total. The lowest BCUT2D eigenvalue weighted by Gasteiger charge is -2.34. The van der Waals surface area contributed by atoms with Crippen LogP contribution in [0.1, 0.15) is 49.2 Å². The van der Waals surface area contributed by atoms with Gasteiger partial charge in [0, 0.05) is 25.2 Å². The zero-order chi connectivity index (χ0) is 17.4. The SMILES string of the molecule is [2H]c1nc(N)c([2H])c(C2CCCN(C(=O)OC(C)(C)C)C2)c1[2H]. The monoisotopic (exact) mass is 280 g/mol. The molecule has 1 aromatic rings. The van der Waals surface area contributed by atoms with E-state index < -0.39 is 11.7 Å². The van der Waals surface area contributed by atoms with Gasteiger partial charge in [-0.05, 0) is 51.3 Å². The van der Waals surface area contributed by atoms with E-state index in [0.29, 0.717) is 18.7 Å². The number of hydrogen-bond donors (Lipinski definition) is 1. The van der Waals surface area contributed by atoms with Gasteiger partial charge >= 0.3 is 6.09 Å². The summed E-state index contributed by atoms with van der Waals surface area (Å²) in [6.07, 6.45) is 0.856. The quantitative estimate of drug-likeness (QED) is 0.859. The summed E-state index contributed by atoms with van der Waals surface area (Å²) in [6, 6.07) is -0.0951. The van der Waals surface area contributed by atoms with Gasteiger partial charge in [0.1, 0.15) is 11.4 Å². The number of aromatic nitrogens is 1. The molecule has 1 atom stereocenters. The van der Waals surface area contributed by atoms with Crippen LogP contribution in [0.5, 0.6) is 0 Å². The number of carbonyl (C=O) groups excluding carboxylic acids is 1. The summed E-state index contributed by atoms with van der Waals surface area (Å²) in [5.41, 5.74) is 5.50. The number of likely N-dealkylation sites (tertiary alicyclic amines) is 1. The Kier molecular flexibility index (Phi) is 3.11. The van der Waals surface area contributed by atoms with Crippen molar-refractivity contribution in [3.8, 4) is 0 Å². The highest BCUT2D eigenvalue weighted by atomic mass is 16.6. The number of ether oxygens (including phenoxy) is 1. The molecule has 1 aliphatic rings. The molecule has 2 heterocycles. The fraction of sp³-hybridized carbons (Fsp3) is 0.600. The first-order chi connectivity index (χ1) is 10.6. The Hall–Kier alpha value is -1.78. The molecule has 0 spiro atoms. The minimum atomic E-state index is -0.569. The van der Waals surface area contributed by atoms with E-state index >= 15 is 0 Å². The number of piperidine rings is 1.